The van der Waals surface area contributed by atoms with E-state index in [1.807, 2.05) is 0 Å². The normalized spacial score (nSPS) is 25.2. The molecule has 1 aromatic carbocycles. The number of amides is 2. The highest BCUT2D eigenvalue weighted by Crippen LogP contribution is 2.33. The van der Waals surface area contributed by atoms with Crippen molar-refractivity contribution in [2.75, 3.05) is 13.1 Å². The van der Waals surface area contributed by atoms with E-state index in [0.717, 1.165) is 12.8 Å². The van der Waals surface area contributed by atoms with Crippen LogP contribution in [0.5, 0.6) is 11.5 Å². The van der Waals surface area contributed by atoms with Crippen molar-refractivity contribution in [3.8, 4) is 11.5 Å². The van der Waals surface area contributed by atoms with Crippen LogP contribution in [0.15, 0.2) is 18.2 Å². The molecule has 2 unspecified atom stereocenters. The largest absolute Gasteiger partial charge is 0.507 e. The molecule has 2 fully saturated rings. The van der Waals surface area contributed by atoms with Crippen molar-refractivity contribution in [1.82, 2.24) is 10.2 Å². The second-order valence-corrected chi connectivity index (χ2v) is 5.23. The Balaban J connectivity index is 1.92. The van der Waals surface area contributed by atoms with E-state index < -0.39 is 5.91 Å². The quantitative estimate of drug-likeness (QED) is 0.694. The van der Waals surface area contributed by atoms with Crippen molar-refractivity contribution in [2.24, 2.45) is 5.92 Å². The molecule has 106 valence electrons. The van der Waals surface area contributed by atoms with Crippen molar-refractivity contribution in [3.63, 3.8) is 0 Å². The maximum Gasteiger partial charge on any atom is 0.261 e. The van der Waals surface area contributed by atoms with Gasteiger partial charge in [-0.2, -0.15) is 0 Å². The van der Waals surface area contributed by atoms with Crippen LogP contribution in [0.3, 0.4) is 0 Å². The molecule has 6 heteroatoms. The van der Waals surface area contributed by atoms with Gasteiger partial charge >= 0.3 is 0 Å². The summed E-state index contributed by atoms with van der Waals surface area (Å²) in [5.74, 6) is -1.11. The summed E-state index contributed by atoms with van der Waals surface area (Å²) in [6, 6.07) is 4.02. The topological polar surface area (TPSA) is 89.9 Å². The number of nitrogens with zero attached hydrogens (tertiary/aromatic N) is 1. The minimum Gasteiger partial charge on any atom is -0.507 e. The molecular formula is C14H16N2O4. The number of rotatable bonds is 1. The Kier molecular flexibility index (Phi) is 3.00. The number of benzene rings is 1. The zero-order chi connectivity index (χ0) is 14.3. The van der Waals surface area contributed by atoms with Gasteiger partial charge in [-0.25, -0.2) is 0 Å². The van der Waals surface area contributed by atoms with E-state index >= 15 is 0 Å². The Hall–Kier alpha value is -2.24. The average Bonchev–Trinajstić information content (AvgIpc) is 2.80. The van der Waals surface area contributed by atoms with Crippen LogP contribution < -0.4 is 5.32 Å². The number of hydrogen-bond donors (Lipinski definition) is 3. The summed E-state index contributed by atoms with van der Waals surface area (Å²) in [5.41, 5.74) is -0.0903. The Morgan fingerprint density at radius 1 is 1.30 bits per heavy atom. The number of carbonyl (C=O) groups excluding carboxylic acids is 2. The second-order valence-electron chi connectivity index (χ2n) is 5.23. The Morgan fingerprint density at radius 2 is 2.00 bits per heavy atom. The number of fused-ring (bicyclic) bond motifs is 1. The molecule has 0 aliphatic carbocycles. The molecule has 0 aromatic heterocycles. The average molecular weight is 276 g/mol. The van der Waals surface area contributed by atoms with Crippen LogP contribution >= 0.6 is 0 Å². The maximum absolute atomic E-state index is 12.6. The van der Waals surface area contributed by atoms with E-state index in [4.69, 9.17) is 0 Å². The Morgan fingerprint density at radius 3 is 2.70 bits per heavy atom. The van der Waals surface area contributed by atoms with E-state index in [0.29, 0.717) is 13.1 Å². The number of hydrogen-bond acceptors (Lipinski definition) is 4. The van der Waals surface area contributed by atoms with Crippen molar-refractivity contribution >= 4 is 11.8 Å². The minimum atomic E-state index is -0.424. The molecule has 2 aliphatic heterocycles. The summed E-state index contributed by atoms with van der Waals surface area (Å²) < 4.78 is 0. The molecule has 6 nitrogen and oxygen atoms in total. The van der Waals surface area contributed by atoms with Crippen LogP contribution in [-0.2, 0) is 4.79 Å². The van der Waals surface area contributed by atoms with E-state index in [1.165, 1.54) is 18.2 Å². The van der Waals surface area contributed by atoms with Gasteiger partial charge in [0, 0.05) is 13.1 Å². The number of nitrogens with one attached hydrogen (secondary N) is 1. The van der Waals surface area contributed by atoms with Gasteiger partial charge in [0.15, 0.2) is 0 Å². The number of phenolic OH excluding ortho intramolecular Hbond substituents is 2. The molecule has 1 aromatic rings. The van der Waals surface area contributed by atoms with Crippen LogP contribution in [-0.4, -0.2) is 46.1 Å². The summed E-state index contributed by atoms with van der Waals surface area (Å²) in [7, 11) is 0. The third-order valence-corrected chi connectivity index (χ3v) is 4.10. The van der Waals surface area contributed by atoms with Gasteiger partial charge in [0.25, 0.3) is 5.91 Å². The lowest BCUT2D eigenvalue weighted by molar-refractivity contribution is -0.123. The molecule has 2 aliphatic rings. The van der Waals surface area contributed by atoms with E-state index in [9.17, 15) is 19.8 Å². The van der Waals surface area contributed by atoms with Gasteiger partial charge in [-0.15, -0.1) is 0 Å². The van der Waals surface area contributed by atoms with Crippen LogP contribution in [0.4, 0.5) is 0 Å². The molecule has 2 amide bonds. The number of piperidine rings is 1. The molecule has 0 bridgehead atoms. The number of carbonyl (C=O) groups is 2. The van der Waals surface area contributed by atoms with Crippen molar-refractivity contribution < 1.29 is 19.8 Å². The van der Waals surface area contributed by atoms with Gasteiger partial charge in [0.2, 0.25) is 5.91 Å². The highest BCUT2D eigenvalue weighted by Gasteiger charge is 2.43. The fraction of sp³-hybridized carbons (Fsp3) is 0.429. The lowest BCUT2D eigenvalue weighted by Crippen LogP contribution is -2.48. The van der Waals surface area contributed by atoms with Crippen LogP contribution in [0.2, 0.25) is 0 Å². The zero-order valence-electron chi connectivity index (χ0n) is 10.9. The summed E-state index contributed by atoms with van der Waals surface area (Å²) >= 11 is 0. The highest BCUT2D eigenvalue weighted by molar-refractivity contribution is 6.00. The lowest BCUT2D eigenvalue weighted by atomic mass is 9.91. The Labute approximate surface area is 116 Å². The fourth-order valence-corrected chi connectivity index (χ4v) is 3.09. The van der Waals surface area contributed by atoms with Crippen LogP contribution in [0, 0.1) is 5.92 Å². The molecule has 0 spiro atoms. The molecule has 3 N–H and O–H groups in total. The second kappa shape index (κ2) is 4.70. The Bertz CT molecular complexity index is 552. The third kappa shape index (κ3) is 1.88. The zero-order valence-corrected chi connectivity index (χ0v) is 10.9. The third-order valence-electron chi connectivity index (χ3n) is 4.10. The van der Waals surface area contributed by atoms with Crippen molar-refractivity contribution in [3.05, 3.63) is 23.8 Å². The number of phenols is 2. The van der Waals surface area contributed by atoms with Gasteiger partial charge in [-0.1, -0.05) is 6.07 Å². The van der Waals surface area contributed by atoms with Gasteiger partial charge in [-0.3, -0.25) is 9.59 Å². The fourth-order valence-electron chi connectivity index (χ4n) is 3.09. The number of aromatic hydroxyl groups is 2. The lowest BCUT2D eigenvalue weighted by Gasteiger charge is -2.36. The van der Waals surface area contributed by atoms with Crippen LogP contribution in [0.25, 0.3) is 0 Å². The van der Waals surface area contributed by atoms with Gasteiger partial charge < -0.3 is 20.4 Å². The van der Waals surface area contributed by atoms with E-state index in [2.05, 4.69) is 5.32 Å². The standard InChI is InChI=1S/C14H16N2O4/c17-10-4-1-5-11(18)12(10)14(20)16-6-2-3-8-9(16)7-15-13(8)19/h1,4-5,8-9,17-18H,2-3,6-7H2,(H,15,19). The smallest absolute Gasteiger partial charge is 0.261 e. The number of likely N-dealkylation sites (tertiary alicyclic amines) is 1. The van der Waals surface area contributed by atoms with Gasteiger partial charge in [0.1, 0.15) is 17.1 Å². The highest BCUT2D eigenvalue weighted by atomic mass is 16.3. The molecule has 0 radical (unpaired) electrons. The summed E-state index contributed by atoms with van der Waals surface area (Å²) in [5, 5.41) is 22.4. The van der Waals surface area contributed by atoms with Gasteiger partial charge in [0.05, 0.1) is 12.0 Å². The summed E-state index contributed by atoms with van der Waals surface area (Å²) in [6.07, 6.45) is 1.52. The molecule has 2 saturated heterocycles. The predicted octanol–water partition coefficient (Wildman–Crippen LogP) is 0.448. The summed E-state index contributed by atoms with van der Waals surface area (Å²) in [4.78, 5) is 25.8. The first-order chi connectivity index (χ1) is 9.59. The van der Waals surface area contributed by atoms with Gasteiger partial charge in [-0.05, 0) is 25.0 Å². The van der Waals surface area contributed by atoms with Crippen molar-refractivity contribution in [2.45, 2.75) is 18.9 Å². The van der Waals surface area contributed by atoms with E-state index in [1.54, 1.807) is 4.90 Å². The van der Waals surface area contributed by atoms with E-state index in [-0.39, 0.29) is 34.9 Å². The first-order valence-corrected chi connectivity index (χ1v) is 6.69. The molecule has 2 atom stereocenters. The molecular weight excluding hydrogens is 260 g/mol. The maximum atomic E-state index is 12.6. The monoisotopic (exact) mass is 276 g/mol. The SMILES string of the molecule is O=C1NCC2C1CCCN2C(=O)c1c(O)cccc1O. The summed E-state index contributed by atoms with van der Waals surface area (Å²) in [6.45, 7) is 0.965. The van der Waals surface area contributed by atoms with Crippen LogP contribution in [0.1, 0.15) is 23.2 Å². The molecule has 2 heterocycles. The van der Waals surface area contributed by atoms with Crippen molar-refractivity contribution in [1.29, 1.82) is 0 Å². The first-order valence-electron chi connectivity index (χ1n) is 6.69. The molecule has 0 saturated carbocycles. The molecule has 3 rings (SSSR count). The molecule has 20 heavy (non-hydrogen) atoms. The predicted molar refractivity (Wildman–Crippen MR) is 70.3 cm³/mol. The first kappa shape index (κ1) is 12.8. The minimum absolute atomic E-state index is 0.0194.